The molecule has 1 atom stereocenters. The van der Waals surface area contributed by atoms with Crippen molar-refractivity contribution in [3.05, 3.63) is 64.5 Å². The summed E-state index contributed by atoms with van der Waals surface area (Å²) < 4.78 is 73.6. The van der Waals surface area contributed by atoms with E-state index in [0.717, 1.165) is 0 Å². The second kappa shape index (κ2) is 11.9. The van der Waals surface area contributed by atoms with Crippen LogP contribution in [0.2, 0.25) is 0 Å². The van der Waals surface area contributed by atoms with Gasteiger partial charge in [0.25, 0.3) is 0 Å². The van der Waals surface area contributed by atoms with Crippen molar-refractivity contribution in [2.24, 2.45) is 5.73 Å². The van der Waals surface area contributed by atoms with Crippen molar-refractivity contribution in [2.45, 2.75) is 25.7 Å². The van der Waals surface area contributed by atoms with Crippen LogP contribution in [0.1, 0.15) is 36.8 Å². The molecule has 2 aromatic rings. The molecule has 35 heavy (non-hydrogen) atoms. The number of ether oxygens (including phenoxy) is 1. The number of rotatable bonds is 10. The second-order valence-electron chi connectivity index (χ2n) is 7.13. The molecular weight excluding hydrogens is 479 g/mol. The fourth-order valence-corrected chi connectivity index (χ4v) is 2.96. The minimum absolute atomic E-state index is 0.161. The van der Waals surface area contributed by atoms with Crippen LogP contribution >= 0.6 is 0 Å². The molecule has 8 nitrogen and oxygen atoms in total. The lowest BCUT2D eigenvalue weighted by atomic mass is 9.96. The zero-order chi connectivity index (χ0) is 26.3. The first-order valence-electron chi connectivity index (χ1n) is 10.2. The number of nitrogen functional groups attached to an aromatic ring is 1. The first-order valence-corrected chi connectivity index (χ1v) is 10.2. The fourth-order valence-electron chi connectivity index (χ4n) is 2.96. The van der Waals surface area contributed by atoms with Crippen molar-refractivity contribution in [3.63, 3.8) is 0 Å². The van der Waals surface area contributed by atoms with Crippen LogP contribution in [-0.2, 0) is 19.1 Å². The number of halogens is 5. The topological polar surface area (TPSA) is 134 Å². The van der Waals surface area contributed by atoms with E-state index in [0.29, 0.717) is 11.3 Å². The summed E-state index contributed by atoms with van der Waals surface area (Å²) >= 11 is 0. The predicted molar refractivity (Wildman–Crippen MR) is 114 cm³/mol. The zero-order valence-electron chi connectivity index (χ0n) is 18.3. The number of amidine groups is 1. The van der Waals surface area contributed by atoms with Gasteiger partial charge in [-0.2, -0.15) is 0 Å². The van der Waals surface area contributed by atoms with E-state index in [2.05, 4.69) is 15.4 Å². The zero-order valence-corrected chi connectivity index (χ0v) is 18.3. The minimum Gasteiger partial charge on any atom is -0.465 e. The van der Waals surface area contributed by atoms with Crippen molar-refractivity contribution >= 4 is 29.3 Å². The largest absolute Gasteiger partial charge is 0.465 e. The third kappa shape index (κ3) is 6.74. The number of carbonyl (C=O) groups is 3. The number of nitrogens with one attached hydrogen (secondary N) is 3. The maximum atomic E-state index is 14.2. The highest BCUT2D eigenvalue weighted by Gasteiger charge is 2.35. The summed E-state index contributed by atoms with van der Waals surface area (Å²) in [7, 11) is 0. The molecule has 0 aromatic heterocycles. The summed E-state index contributed by atoms with van der Waals surface area (Å²) in [5.74, 6) is -16.2. The van der Waals surface area contributed by atoms with Gasteiger partial charge in [-0.1, -0.05) is 0 Å². The van der Waals surface area contributed by atoms with Crippen molar-refractivity contribution in [2.75, 3.05) is 18.5 Å². The molecule has 0 bridgehead atoms. The summed E-state index contributed by atoms with van der Waals surface area (Å²) in [6.07, 6.45) is -0.739. The molecule has 2 amide bonds. The van der Waals surface area contributed by atoms with E-state index >= 15 is 0 Å². The van der Waals surface area contributed by atoms with Crippen LogP contribution in [0.4, 0.5) is 27.6 Å². The van der Waals surface area contributed by atoms with Gasteiger partial charge < -0.3 is 21.1 Å². The molecular formula is C22H21F5N4O4. The number of hydrogen-bond acceptors (Lipinski definition) is 5. The van der Waals surface area contributed by atoms with Crippen LogP contribution in [0.25, 0.3) is 0 Å². The average Bonchev–Trinajstić information content (AvgIpc) is 2.82. The van der Waals surface area contributed by atoms with Crippen molar-refractivity contribution < 1.29 is 41.1 Å². The van der Waals surface area contributed by atoms with E-state index in [4.69, 9.17) is 11.1 Å². The quantitative estimate of drug-likeness (QED) is 0.0994. The lowest BCUT2D eigenvalue weighted by Crippen LogP contribution is -2.34. The van der Waals surface area contributed by atoms with Crippen molar-refractivity contribution in [1.29, 1.82) is 5.41 Å². The summed E-state index contributed by atoms with van der Waals surface area (Å²) in [5, 5.41) is 11.9. The Morgan fingerprint density at radius 2 is 1.43 bits per heavy atom. The van der Waals surface area contributed by atoms with E-state index in [9.17, 15) is 36.3 Å². The molecule has 2 aromatic carbocycles. The third-order valence-electron chi connectivity index (χ3n) is 4.73. The second-order valence-corrected chi connectivity index (χ2v) is 7.13. The monoisotopic (exact) mass is 500 g/mol. The molecule has 1 unspecified atom stereocenters. The van der Waals surface area contributed by atoms with Crippen LogP contribution in [0.15, 0.2) is 24.3 Å². The molecule has 0 aliphatic carbocycles. The predicted octanol–water partition coefficient (Wildman–Crippen LogP) is 2.85. The normalized spacial score (nSPS) is 11.5. The standard InChI is InChI=1S/C22H21F5N4O4/c1-2-35-22(34)12(15-16(23)18(25)20(27)19(26)17(15)24)9-30-13(32)7-8-14(33)31-11-5-3-10(4-6-11)21(28)29/h3-6,12H,2,7-9H2,1H3,(H3,28,29)(H,30,32)(H,31,33). The van der Waals surface area contributed by atoms with Gasteiger partial charge in [-0.3, -0.25) is 19.8 Å². The third-order valence-corrected chi connectivity index (χ3v) is 4.73. The van der Waals surface area contributed by atoms with E-state index in [1.807, 2.05) is 0 Å². The molecule has 0 radical (unpaired) electrons. The number of benzene rings is 2. The Balaban J connectivity index is 2.04. The number of anilines is 1. The highest BCUT2D eigenvalue weighted by molar-refractivity contribution is 5.96. The number of carbonyl (C=O) groups excluding carboxylic acids is 3. The lowest BCUT2D eigenvalue weighted by Gasteiger charge is -2.19. The molecule has 0 fully saturated rings. The minimum atomic E-state index is -2.39. The van der Waals surface area contributed by atoms with Gasteiger partial charge in [-0.25, -0.2) is 22.0 Å². The fraction of sp³-hybridized carbons (Fsp3) is 0.273. The average molecular weight is 500 g/mol. The number of amides is 2. The Morgan fingerprint density at radius 3 is 1.94 bits per heavy atom. The van der Waals surface area contributed by atoms with Crippen LogP contribution in [-0.4, -0.2) is 36.8 Å². The molecule has 0 saturated carbocycles. The SMILES string of the molecule is CCOC(=O)C(CNC(=O)CCC(=O)Nc1ccc(C(=N)N)cc1)c1c(F)c(F)c(F)c(F)c1F. The Hall–Kier alpha value is -4.03. The van der Waals surface area contributed by atoms with E-state index in [-0.39, 0.29) is 18.9 Å². The molecule has 0 saturated heterocycles. The highest BCUT2D eigenvalue weighted by atomic mass is 19.2. The van der Waals surface area contributed by atoms with Crippen molar-refractivity contribution in [3.8, 4) is 0 Å². The summed E-state index contributed by atoms with van der Waals surface area (Å²) in [6, 6.07) is 5.98. The summed E-state index contributed by atoms with van der Waals surface area (Å²) in [4.78, 5) is 36.3. The van der Waals surface area contributed by atoms with Crippen molar-refractivity contribution in [1.82, 2.24) is 5.32 Å². The summed E-state index contributed by atoms with van der Waals surface area (Å²) in [5.41, 5.74) is 4.70. The maximum Gasteiger partial charge on any atom is 0.315 e. The first-order chi connectivity index (χ1) is 16.5. The van der Waals surface area contributed by atoms with Gasteiger partial charge in [-0.05, 0) is 31.2 Å². The maximum absolute atomic E-state index is 14.2. The van der Waals surface area contributed by atoms with Gasteiger partial charge in [0, 0.05) is 36.2 Å². The van der Waals surface area contributed by atoms with Gasteiger partial charge in [0.15, 0.2) is 23.3 Å². The van der Waals surface area contributed by atoms with E-state index in [1.165, 1.54) is 31.2 Å². The molecule has 0 heterocycles. The number of esters is 1. The molecule has 0 spiro atoms. The molecule has 13 heteroatoms. The van der Waals surface area contributed by atoms with Crippen LogP contribution in [0.5, 0.6) is 0 Å². The number of nitrogens with two attached hydrogens (primary N) is 1. The first kappa shape index (κ1) is 27.2. The molecule has 188 valence electrons. The van der Waals surface area contributed by atoms with Gasteiger partial charge in [-0.15, -0.1) is 0 Å². The Bertz CT molecular complexity index is 1110. The summed E-state index contributed by atoms with van der Waals surface area (Å²) in [6.45, 7) is 0.259. The van der Waals surface area contributed by atoms with Gasteiger partial charge in [0.1, 0.15) is 11.8 Å². The Labute approximate surface area is 196 Å². The van der Waals surface area contributed by atoms with Gasteiger partial charge in [0.2, 0.25) is 17.6 Å². The van der Waals surface area contributed by atoms with Crippen LogP contribution in [0, 0.1) is 34.5 Å². The van der Waals surface area contributed by atoms with Gasteiger partial charge >= 0.3 is 5.97 Å². The van der Waals surface area contributed by atoms with Gasteiger partial charge in [0.05, 0.1) is 6.61 Å². The van der Waals surface area contributed by atoms with Crippen LogP contribution < -0.4 is 16.4 Å². The smallest absolute Gasteiger partial charge is 0.315 e. The van der Waals surface area contributed by atoms with E-state index in [1.54, 1.807) is 0 Å². The van der Waals surface area contributed by atoms with Crippen LogP contribution in [0.3, 0.4) is 0 Å². The van der Waals surface area contributed by atoms with E-state index < -0.39 is 71.3 Å². The molecule has 0 aliphatic rings. The molecule has 0 aliphatic heterocycles. The highest BCUT2D eigenvalue weighted by Crippen LogP contribution is 2.29. The molecule has 2 rings (SSSR count). The Morgan fingerprint density at radius 1 is 0.914 bits per heavy atom. The lowest BCUT2D eigenvalue weighted by molar-refractivity contribution is -0.145. The Kier molecular flexibility index (Phi) is 9.26. The number of hydrogen-bond donors (Lipinski definition) is 4. The molecule has 5 N–H and O–H groups in total.